The van der Waals surface area contributed by atoms with Crippen LogP contribution < -0.4 is 14.2 Å². The minimum absolute atomic E-state index is 0.0847. The molecule has 1 aliphatic rings. The molecule has 5 rings (SSSR count). The monoisotopic (exact) mass is 539 g/mol. The molecule has 2 heterocycles. The van der Waals surface area contributed by atoms with Crippen molar-refractivity contribution < 1.29 is 19.0 Å². The van der Waals surface area contributed by atoms with E-state index in [4.69, 9.17) is 14.2 Å². The van der Waals surface area contributed by atoms with E-state index in [2.05, 4.69) is 21.8 Å². The number of rotatable bonds is 11. The maximum absolute atomic E-state index is 13.3. The summed E-state index contributed by atoms with van der Waals surface area (Å²) in [7, 11) is 3.81. The number of likely N-dealkylation sites (N-methyl/N-ethyl adjacent to an activating group) is 1. The fourth-order valence-corrected chi connectivity index (χ4v) is 4.95. The molecule has 1 saturated heterocycles. The molecule has 1 aliphatic heterocycles. The van der Waals surface area contributed by atoms with Crippen LogP contribution in [0.5, 0.6) is 23.0 Å². The number of aromatic nitrogens is 1. The smallest absolute Gasteiger partial charge is 0.196 e. The summed E-state index contributed by atoms with van der Waals surface area (Å²) in [6, 6.07) is 20.5. The lowest BCUT2D eigenvalue weighted by Gasteiger charge is -2.32. The molecule has 0 unspecified atom stereocenters. The first kappa shape index (κ1) is 27.6. The number of carbonyl (C=O) groups excluding carboxylic acids is 1. The number of fused-ring (bicyclic) bond motifs is 1. The number of nitrogens with zero attached hydrogens (tertiary/aromatic N) is 3. The van der Waals surface area contributed by atoms with E-state index in [0.29, 0.717) is 40.7 Å². The zero-order valence-electron chi connectivity index (χ0n) is 23.6. The molecule has 208 valence electrons. The van der Waals surface area contributed by atoms with Crippen LogP contribution in [-0.2, 0) is 0 Å². The van der Waals surface area contributed by atoms with Crippen molar-refractivity contribution in [3.63, 3.8) is 0 Å². The Labute approximate surface area is 236 Å². The SMILES string of the molecule is COc1cc2c(Oc3ccc(C)cc3C(=O)c3ccccc3)ccnc2cc1OCCCCN1CCN(C)CC1. The lowest BCUT2D eigenvalue weighted by atomic mass is 10.0. The van der Waals surface area contributed by atoms with Crippen molar-refractivity contribution >= 4 is 16.7 Å². The molecule has 3 aromatic carbocycles. The van der Waals surface area contributed by atoms with Crippen LogP contribution in [-0.4, -0.2) is 74.1 Å². The van der Waals surface area contributed by atoms with Gasteiger partial charge in [0.2, 0.25) is 0 Å². The molecule has 40 heavy (non-hydrogen) atoms. The highest BCUT2D eigenvalue weighted by Crippen LogP contribution is 2.38. The van der Waals surface area contributed by atoms with E-state index < -0.39 is 0 Å². The normalized spacial score (nSPS) is 14.3. The van der Waals surface area contributed by atoms with Gasteiger partial charge in [0.05, 0.1) is 24.8 Å². The van der Waals surface area contributed by atoms with Gasteiger partial charge in [-0.15, -0.1) is 0 Å². The molecule has 0 radical (unpaired) electrons. The Bertz CT molecular complexity index is 1450. The number of ketones is 1. The molecule has 0 N–H and O–H groups in total. The van der Waals surface area contributed by atoms with Gasteiger partial charge in [-0.1, -0.05) is 42.0 Å². The van der Waals surface area contributed by atoms with Crippen molar-refractivity contribution in [3.8, 4) is 23.0 Å². The first-order valence-corrected chi connectivity index (χ1v) is 13.9. The van der Waals surface area contributed by atoms with E-state index in [9.17, 15) is 4.79 Å². The minimum Gasteiger partial charge on any atom is -0.493 e. The Kier molecular flexibility index (Phi) is 8.94. The number of piperazine rings is 1. The first-order chi connectivity index (χ1) is 19.5. The molecule has 0 spiro atoms. The van der Waals surface area contributed by atoms with Gasteiger partial charge in [-0.25, -0.2) is 0 Å². The molecule has 1 aromatic heterocycles. The molecule has 0 amide bonds. The standard InChI is InChI=1S/C33H37N3O4/c1-24-11-12-29(27(21-24)33(37)25-9-5-4-6-10-25)40-30-13-14-34-28-23-32(31(38-3)22-26(28)30)39-20-8-7-15-36-18-16-35(2)17-19-36/h4-6,9-14,21-23H,7-8,15-20H2,1-3H3. The number of hydrogen-bond acceptors (Lipinski definition) is 7. The molecule has 7 nitrogen and oxygen atoms in total. The summed E-state index contributed by atoms with van der Waals surface area (Å²) in [5.74, 6) is 2.28. The fraction of sp³-hybridized carbons (Fsp3) is 0.333. The number of ether oxygens (including phenoxy) is 3. The molecular weight excluding hydrogens is 502 g/mol. The van der Waals surface area contributed by atoms with E-state index in [1.807, 2.05) is 67.6 Å². The number of hydrogen-bond donors (Lipinski definition) is 0. The zero-order chi connectivity index (χ0) is 27.9. The van der Waals surface area contributed by atoms with Gasteiger partial charge >= 0.3 is 0 Å². The van der Waals surface area contributed by atoms with E-state index in [1.54, 1.807) is 19.4 Å². The van der Waals surface area contributed by atoms with Crippen molar-refractivity contribution in [3.05, 3.63) is 89.6 Å². The molecule has 0 bridgehead atoms. The Balaban J connectivity index is 1.31. The summed E-state index contributed by atoms with van der Waals surface area (Å²) < 4.78 is 18.2. The van der Waals surface area contributed by atoms with Crippen molar-refractivity contribution in [2.45, 2.75) is 19.8 Å². The van der Waals surface area contributed by atoms with E-state index in [1.165, 1.54) is 0 Å². The van der Waals surface area contributed by atoms with Crippen molar-refractivity contribution in [1.82, 2.24) is 14.8 Å². The van der Waals surface area contributed by atoms with Crippen LogP contribution in [0.3, 0.4) is 0 Å². The third-order valence-electron chi connectivity index (χ3n) is 7.34. The molecule has 7 heteroatoms. The minimum atomic E-state index is -0.0847. The van der Waals surface area contributed by atoms with Gasteiger partial charge < -0.3 is 24.0 Å². The molecule has 0 saturated carbocycles. The lowest BCUT2D eigenvalue weighted by molar-refractivity contribution is 0.103. The van der Waals surface area contributed by atoms with Crippen LogP contribution in [0.4, 0.5) is 0 Å². The van der Waals surface area contributed by atoms with Gasteiger partial charge in [0.25, 0.3) is 0 Å². The van der Waals surface area contributed by atoms with Gasteiger partial charge in [0, 0.05) is 49.4 Å². The number of unbranched alkanes of at least 4 members (excludes halogenated alkanes) is 1. The predicted molar refractivity (Wildman–Crippen MR) is 158 cm³/mol. The molecule has 0 atom stereocenters. The average Bonchev–Trinajstić information content (AvgIpc) is 2.98. The highest BCUT2D eigenvalue weighted by Gasteiger charge is 2.18. The molecule has 0 aliphatic carbocycles. The van der Waals surface area contributed by atoms with E-state index in [0.717, 1.165) is 62.0 Å². The summed E-state index contributed by atoms with van der Waals surface area (Å²) in [5, 5.41) is 0.778. The van der Waals surface area contributed by atoms with Crippen LogP contribution in [0.1, 0.15) is 34.3 Å². The third-order valence-corrected chi connectivity index (χ3v) is 7.34. The number of pyridine rings is 1. The molecule has 4 aromatic rings. The van der Waals surface area contributed by atoms with Crippen molar-refractivity contribution in [2.75, 3.05) is 53.5 Å². The number of aryl methyl sites for hydroxylation is 1. The second-order valence-electron chi connectivity index (χ2n) is 10.3. The largest absolute Gasteiger partial charge is 0.493 e. The second-order valence-corrected chi connectivity index (χ2v) is 10.3. The van der Waals surface area contributed by atoms with Gasteiger partial charge in [0.15, 0.2) is 17.3 Å². The Morgan fingerprint density at radius 1 is 0.875 bits per heavy atom. The third kappa shape index (κ3) is 6.61. The van der Waals surface area contributed by atoms with Gasteiger partial charge in [-0.3, -0.25) is 9.78 Å². The maximum atomic E-state index is 13.3. The van der Waals surface area contributed by atoms with Crippen molar-refractivity contribution in [1.29, 1.82) is 0 Å². The Hall–Kier alpha value is -3.94. The quantitative estimate of drug-likeness (QED) is 0.172. The predicted octanol–water partition coefficient (Wildman–Crippen LogP) is 5.98. The van der Waals surface area contributed by atoms with E-state index in [-0.39, 0.29) is 5.78 Å². The number of benzene rings is 3. The topological polar surface area (TPSA) is 64.1 Å². The zero-order valence-corrected chi connectivity index (χ0v) is 23.6. The lowest BCUT2D eigenvalue weighted by Crippen LogP contribution is -2.44. The summed E-state index contributed by atoms with van der Waals surface area (Å²) in [6.45, 7) is 8.22. The second kappa shape index (κ2) is 12.9. The fourth-order valence-electron chi connectivity index (χ4n) is 4.95. The maximum Gasteiger partial charge on any atom is 0.196 e. The number of carbonyl (C=O) groups is 1. The summed E-state index contributed by atoms with van der Waals surface area (Å²) >= 11 is 0. The Morgan fingerprint density at radius 3 is 2.45 bits per heavy atom. The average molecular weight is 540 g/mol. The van der Waals surface area contributed by atoms with Crippen LogP contribution in [0.15, 0.2) is 72.9 Å². The van der Waals surface area contributed by atoms with Gasteiger partial charge in [-0.05, 0) is 57.6 Å². The van der Waals surface area contributed by atoms with Gasteiger partial charge in [0.1, 0.15) is 11.5 Å². The molecular formula is C33H37N3O4. The van der Waals surface area contributed by atoms with Crippen LogP contribution >= 0.6 is 0 Å². The van der Waals surface area contributed by atoms with Crippen LogP contribution in [0, 0.1) is 6.92 Å². The Morgan fingerprint density at radius 2 is 1.68 bits per heavy atom. The van der Waals surface area contributed by atoms with Crippen LogP contribution in [0.25, 0.3) is 10.9 Å². The molecule has 1 fully saturated rings. The number of methoxy groups -OCH3 is 1. The van der Waals surface area contributed by atoms with Gasteiger partial charge in [-0.2, -0.15) is 0 Å². The van der Waals surface area contributed by atoms with Crippen LogP contribution in [0.2, 0.25) is 0 Å². The first-order valence-electron chi connectivity index (χ1n) is 13.9. The highest BCUT2D eigenvalue weighted by molar-refractivity contribution is 6.11. The summed E-state index contributed by atoms with van der Waals surface area (Å²) in [6.07, 6.45) is 3.77. The van der Waals surface area contributed by atoms with E-state index >= 15 is 0 Å². The van der Waals surface area contributed by atoms with Crippen molar-refractivity contribution in [2.24, 2.45) is 0 Å². The highest BCUT2D eigenvalue weighted by atomic mass is 16.5. The summed E-state index contributed by atoms with van der Waals surface area (Å²) in [4.78, 5) is 22.8. The summed E-state index contributed by atoms with van der Waals surface area (Å²) in [5.41, 5.74) is 2.84.